The average Bonchev–Trinajstić information content (AvgIpc) is 3.15. The van der Waals surface area contributed by atoms with E-state index in [9.17, 15) is 10.2 Å². The lowest BCUT2D eigenvalue weighted by atomic mass is 10.0. The van der Waals surface area contributed by atoms with Crippen LogP contribution >= 0.6 is 0 Å². The highest BCUT2D eigenvalue weighted by atomic mass is 16.6. The number of allylic oxidation sites excluding steroid dienone is 2. The Morgan fingerprint density at radius 3 is 1.90 bits per heavy atom. The Kier molecular flexibility index (Phi) is 18.6. The number of unbranched alkanes of at least 4 members (excludes halogenated alkanes) is 14. The first-order valence-corrected chi connectivity index (χ1v) is 13.1. The smallest absolute Gasteiger partial charge is 0.114 e. The van der Waals surface area contributed by atoms with E-state index >= 15 is 0 Å². The third kappa shape index (κ3) is 14.3. The van der Waals surface area contributed by atoms with Crippen LogP contribution in [-0.2, 0) is 9.47 Å². The summed E-state index contributed by atoms with van der Waals surface area (Å²) < 4.78 is 11.0. The van der Waals surface area contributed by atoms with Gasteiger partial charge in [-0.1, -0.05) is 89.7 Å². The third-order valence-corrected chi connectivity index (χ3v) is 6.22. The summed E-state index contributed by atoms with van der Waals surface area (Å²) in [5, 5.41) is 28.6. The van der Waals surface area contributed by atoms with Gasteiger partial charge in [0.25, 0.3) is 0 Å². The van der Waals surface area contributed by atoms with E-state index in [1.807, 2.05) is 0 Å². The number of hydrogen-bond acceptors (Lipinski definition) is 5. The summed E-state index contributed by atoms with van der Waals surface area (Å²) in [6.07, 6.45) is 22.4. The van der Waals surface area contributed by atoms with Gasteiger partial charge in [-0.25, -0.2) is 0 Å². The molecule has 1 aliphatic rings. The summed E-state index contributed by atoms with van der Waals surface area (Å²) in [6.45, 7) is 2.73. The van der Waals surface area contributed by atoms with Crippen molar-refractivity contribution in [2.45, 2.75) is 134 Å². The van der Waals surface area contributed by atoms with Gasteiger partial charge in [-0.15, -0.1) is 0 Å². The van der Waals surface area contributed by atoms with Crippen molar-refractivity contribution >= 4 is 0 Å². The minimum Gasteiger partial charge on any atom is -0.394 e. The molecular weight excluding hydrogens is 392 g/mol. The largest absolute Gasteiger partial charge is 0.394 e. The Morgan fingerprint density at radius 2 is 1.35 bits per heavy atom. The SMILES string of the molecule is CCCCC/C=C/CCCCCCCCCCCCCO[C@@H]1CO[C@H]([C@@H](O)CO)[C@@H]1O. The molecule has 4 atom stereocenters. The predicted molar refractivity (Wildman–Crippen MR) is 127 cm³/mol. The standard InChI is InChI=1S/C26H50O5/c1-2-3-4-5-6-7-8-9-10-11-12-13-14-15-16-17-18-19-20-30-24-22-31-26(25(24)29)23(28)21-27/h6-7,23-29H,2-5,8-22H2,1H3/b7-6+/t23-,24+,25+,26+/m0/s1. The molecule has 184 valence electrons. The summed E-state index contributed by atoms with van der Waals surface area (Å²) in [6, 6.07) is 0. The van der Waals surface area contributed by atoms with Gasteiger partial charge in [0.05, 0.1) is 13.2 Å². The number of hydrogen-bond donors (Lipinski definition) is 3. The minimum atomic E-state index is -1.05. The van der Waals surface area contributed by atoms with Crippen molar-refractivity contribution in [3.8, 4) is 0 Å². The fourth-order valence-corrected chi connectivity index (χ4v) is 4.14. The van der Waals surface area contributed by atoms with E-state index in [1.165, 1.54) is 89.9 Å². The molecule has 5 heteroatoms. The summed E-state index contributed by atoms with van der Waals surface area (Å²) in [5.41, 5.74) is 0. The molecule has 1 saturated heterocycles. The van der Waals surface area contributed by atoms with Crippen LogP contribution in [-0.4, -0.2) is 59.6 Å². The molecule has 5 nitrogen and oxygen atoms in total. The molecular formula is C26H50O5. The van der Waals surface area contributed by atoms with Crippen LogP contribution in [0.2, 0.25) is 0 Å². The molecule has 0 bridgehead atoms. The molecule has 1 rings (SSSR count). The van der Waals surface area contributed by atoms with Crippen LogP contribution in [0.15, 0.2) is 12.2 Å². The van der Waals surface area contributed by atoms with Crippen molar-refractivity contribution in [1.82, 2.24) is 0 Å². The Balaban J connectivity index is 1.78. The highest BCUT2D eigenvalue weighted by Crippen LogP contribution is 2.20. The molecule has 0 aromatic carbocycles. The molecule has 0 aromatic rings. The maximum atomic E-state index is 10.1. The van der Waals surface area contributed by atoms with E-state index in [1.54, 1.807) is 0 Å². The Hall–Kier alpha value is -0.460. The quantitative estimate of drug-likeness (QED) is 0.166. The van der Waals surface area contributed by atoms with Crippen molar-refractivity contribution < 1.29 is 24.8 Å². The van der Waals surface area contributed by atoms with Crippen LogP contribution in [0.1, 0.15) is 110 Å². The normalized spacial score (nSPS) is 22.5. The Bertz CT molecular complexity index is 415. The minimum absolute atomic E-state index is 0.276. The Morgan fingerprint density at radius 1 is 0.839 bits per heavy atom. The molecule has 31 heavy (non-hydrogen) atoms. The van der Waals surface area contributed by atoms with E-state index in [0.717, 1.165) is 12.8 Å². The molecule has 3 N–H and O–H groups in total. The molecule has 0 amide bonds. The van der Waals surface area contributed by atoms with Gasteiger partial charge in [0, 0.05) is 6.61 Å². The topological polar surface area (TPSA) is 79.2 Å². The molecule has 0 radical (unpaired) electrons. The third-order valence-electron chi connectivity index (χ3n) is 6.22. The molecule has 0 saturated carbocycles. The first kappa shape index (κ1) is 28.6. The molecule has 0 aliphatic carbocycles. The highest BCUT2D eigenvalue weighted by molar-refractivity contribution is 4.88. The number of ether oxygens (including phenoxy) is 2. The molecule has 1 heterocycles. The van der Waals surface area contributed by atoms with E-state index in [-0.39, 0.29) is 6.61 Å². The lowest BCUT2D eigenvalue weighted by molar-refractivity contribution is -0.0730. The molecule has 1 aliphatic heterocycles. The van der Waals surface area contributed by atoms with Crippen molar-refractivity contribution in [3.63, 3.8) is 0 Å². The van der Waals surface area contributed by atoms with Crippen LogP contribution in [0.3, 0.4) is 0 Å². The fraction of sp³-hybridized carbons (Fsp3) is 0.923. The van der Waals surface area contributed by atoms with Crippen molar-refractivity contribution in [2.75, 3.05) is 19.8 Å². The van der Waals surface area contributed by atoms with E-state index in [4.69, 9.17) is 14.6 Å². The summed E-state index contributed by atoms with van der Waals surface area (Å²) in [7, 11) is 0. The maximum absolute atomic E-state index is 10.1. The summed E-state index contributed by atoms with van der Waals surface area (Å²) in [4.78, 5) is 0. The second-order valence-electron chi connectivity index (χ2n) is 9.09. The van der Waals surface area contributed by atoms with Gasteiger partial charge in [-0.2, -0.15) is 0 Å². The zero-order valence-corrected chi connectivity index (χ0v) is 20.1. The predicted octanol–water partition coefficient (Wildman–Crippen LogP) is 5.30. The molecule has 1 fully saturated rings. The second-order valence-corrected chi connectivity index (χ2v) is 9.09. The average molecular weight is 443 g/mol. The second kappa shape index (κ2) is 20.2. The first-order chi connectivity index (χ1) is 15.2. The van der Waals surface area contributed by atoms with Crippen LogP contribution in [0.25, 0.3) is 0 Å². The Labute approximate surface area is 191 Å². The van der Waals surface area contributed by atoms with Crippen LogP contribution in [0.4, 0.5) is 0 Å². The maximum Gasteiger partial charge on any atom is 0.114 e. The van der Waals surface area contributed by atoms with Crippen molar-refractivity contribution in [3.05, 3.63) is 12.2 Å². The zero-order chi connectivity index (χ0) is 22.6. The van der Waals surface area contributed by atoms with Crippen LogP contribution < -0.4 is 0 Å². The van der Waals surface area contributed by atoms with Gasteiger partial charge in [0.15, 0.2) is 0 Å². The van der Waals surface area contributed by atoms with Crippen LogP contribution in [0, 0.1) is 0 Å². The number of rotatable bonds is 21. The highest BCUT2D eigenvalue weighted by Gasteiger charge is 2.40. The van der Waals surface area contributed by atoms with Gasteiger partial charge in [-0.3, -0.25) is 0 Å². The summed E-state index contributed by atoms with van der Waals surface area (Å²) in [5.74, 6) is 0. The van der Waals surface area contributed by atoms with E-state index in [0.29, 0.717) is 6.61 Å². The molecule has 0 spiro atoms. The van der Waals surface area contributed by atoms with E-state index in [2.05, 4.69) is 19.1 Å². The van der Waals surface area contributed by atoms with Crippen LogP contribution in [0.5, 0.6) is 0 Å². The van der Waals surface area contributed by atoms with Crippen molar-refractivity contribution in [1.29, 1.82) is 0 Å². The van der Waals surface area contributed by atoms with Gasteiger partial charge in [-0.05, 0) is 32.1 Å². The zero-order valence-electron chi connectivity index (χ0n) is 20.1. The summed E-state index contributed by atoms with van der Waals surface area (Å²) >= 11 is 0. The monoisotopic (exact) mass is 442 g/mol. The lowest BCUT2D eigenvalue weighted by Crippen LogP contribution is -2.41. The van der Waals surface area contributed by atoms with Gasteiger partial charge >= 0.3 is 0 Å². The van der Waals surface area contributed by atoms with Gasteiger partial charge < -0.3 is 24.8 Å². The number of aliphatic hydroxyl groups excluding tert-OH is 3. The lowest BCUT2D eigenvalue weighted by Gasteiger charge is -2.20. The molecule has 0 unspecified atom stereocenters. The number of aliphatic hydroxyl groups is 3. The fourth-order valence-electron chi connectivity index (χ4n) is 4.14. The first-order valence-electron chi connectivity index (χ1n) is 13.1. The van der Waals surface area contributed by atoms with E-state index < -0.39 is 31.0 Å². The van der Waals surface area contributed by atoms with Crippen molar-refractivity contribution in [2.24, 2.45) is 0 Å². The van der Waals surface area contributed by atoms with Gasteiger partial charge in [0.1, 0.15) is 24.4 Å². The van der Waals surface area contributed by atoms with Gasteiger partial charge in [0.2, 0.25) is 0 Å². The molecule has 0 aromatic heterocycles.